The van der Waals surface area contributed by atoms with Gasteiger partial charge in [-0.25, -0.2) is 0 Å². The van der Waals surface area contributed by atoms with Crippen molar-refractivity contribution in [2.24, 2.45) is 5.73 Å². The number of nitrogens with zero attached hydrogens (tertiary/aromatic N) is 2. The largest absolute Gasteiger partial charge is 0.485 e. The van der Waals surface area contributed by atoms with Crippen LogP contribution in [0.5, 0.6) is 5.75 Å². The van der Waals surface area contributed by atoms with Crippen LogP contribution in [0.3, 0.4) is 0 Å². The van der Waals surface area contributed by atoms with E-state index in [1.54, 1.807) is 0 Å². The molecule has 18 heavy (non-hydrogen) atoms. The molecule has 0 fully saturated rings. The summed E-state index contributed by atoms with van der Waals surface area (Å²) in [4.78, 5) is 4.18. The Morgan fingerprint density at radius 3 is 2.94 bits per heavy atom. The molecule has 1 heterocycles. The van der Waals surface area contributed by atoms with Gasteiger partial charge in [0.15, 0.2) is 6.61 Å². The second kappa shape index (κ2) is 5.64. The van der Waals surface area contributed by atoms with Crippen LogP contribution in [0.4, 0.5) is 0 Å². The molecule has 0 bridgehead atoms. The Bertz CT molecular complexity index is 523. The lowest BCUT2D eigenvalue weighted by molar-refractivity contribution is 0.283. The van der Waals surface area contributed by atoms with Crippen LogP contribution in [-0.2, 0) is 13.0 Å². The number of rotatable bonds is 5. The van der Waals surface area contributed by atoms with Crippen molar-refractivity contribution in [1.29, 1.82) is 0 Å². The number of aryl methyl sites for hydroxylation is 1. The van der Waals surface area contributed by atoms with Crippen LogP contribution in [0.2, 0.25) is 0 Å². The van der Waals surface area contributed by atoms with E-state index in [2.05, 4.69) is 23.1 Å². The van der Waals surface area contributed by atoms with Gasteiger partial charge in [-0.1, -0.05) is 17.3 Å². The summed E-state index contributed by atoms with van der Waals surface area (Å²) in [5, 5.41) is 3.84. The van der Waals surface area contributed by atoms with Crippen molar-refractivity contribution < 1.29 is 9.26 Å². The van der Waals surface area contributed by atoms with Gasteiger partial charge in [-0.3, -0.25) is 0 Å². The Labute approximate surface area is 106 Å². The zero-order chi connectivity index (χ0) is 13.0. The first-order valence-electron chi connectivity index (χ1n) is 5.91. The van der Waals surface area contributed by atoms with Crippen LogP contribution >= 0.6 is 0 Å². The Morgan fingerprint density at radius 2 is 2.17 bits per heavy atom. The highest BCUT2D eigenvalue weighted by Gasteiger charge is 2.07. The first-order valence-corrected chi connectivity index (χ1v) is 5.91. The fraction of sp³-hybridized carbons (Fsp3) is 0.385. The molecular formula is C13H17N3O2. The minimum absolute atomic E-state index is 0.304. The summed E-state index contributed by atoms with van der Waals surface area (Å²) in [6.45, 7) is 4.88. The molecule has 1 aromatic carbocycles. The van der Waals surface area contributed by atoms with E-state index in [1.165, 1.54) is 5.56 Å². The van der Waals surface area contributed by atoms with Crippen molar-refractivity contribution in [3.8, 4) is 5.75 Å². The lowest BCUT2D eigenvalue weighted by atomic mass is 10.1. The Balaban J connectivity index is 2.00. The van der Waals surface area contributed by atoms with E-state index in [4.69, 9.17) is 15.0 Å². The highest BCUT2D eigenvalue weighted by molar-refractivity contribution is 5.38. The third-order valence-corrected chi connectivity index (χ3v) is 2.78. The molecular weight excluding hydrogens is 230 g/mol. The standard InChI is InChI=1S/C13H17N3O2/c1-9-4-3-5-11(10(9)2)17-8-12-15-13(6-7-14)18-16-12/h3-5H,6-8,14H2,1-2H3. The van der Waals surface area contributed by atoms with E-state index in [0.717, 1.165) is 11.3 Å². The van der Waals surface area contributed by atoms with Gasteiger partial charge in [0.25, 0.3) is 0 Å². The predicted molar refractivity (Wildman–Crippen MR) is 67.3 cm³/mol. The van der Waals surface area contributed by atoms with E-state index in [1.807, 2.05) is 19.1 Å². The molecule has 2 rings (SSSR count). The van der Waals surface area contributed by atoms with Crippen molar-refractivity contribution in [3.63, 3.8) is 0 Å². The number of nitrogens with two attached hydrogens (primary N) is 1. The maximum absolute atomic E-state index is 5.68. The summed E-state index contributed by atoms with van der Waals surface area (Å²) in [6.07, 6.45) is 0.594. The third-order valence-electron chi connectivity index (χ3n) is 2.78. The molecule has 96 valence electrons. The van der Waals surface area contributed by atoms with E-state index in [9.17, 15) is 0 Å². The van der Waals surface area contributed by atoms with E-state index in [0.29, 0.717) is 31.3 Å². The molecule has 0 saturated heterocycles. The number of hydrogen-bond donors (Lipinski definition) is 1. The molecule has 0 atom stereocenters. The molecule has 2 aromatic rings. The number of ether oxygens (including phenoxy) is 1. The van der Waals surface area contributed by atoms with Crippen molar-refractivity contribution in [2.45, 2.75) is 26.9 Å². The second-order valence-electron chi connectivity index (χ2n) is 4.13. The average Bonchev–Trinajstić information content (AvgIpc) is 2.79. The highest BCUT2D eigenvalue weighted by atomic mass is 16.5. The Hall–Kier alpha value is -1.88. The van der Waals surface area contributed by atoms with Crippen molar-refractivity contribution in [2.75, 3.05) is 6.54 Å². The van der Waals surface area contributed by atoms with E-state index in [-0.39, 0.29) is 0 Å². The van der Waals surface area contributed by atoms with Crippen molar-refractivity contribution in [1.82, 2.24) is 10.1 Å². The second-order valence-corrected chi connectivity index (χ2v) is 4.13. The first-order chi connectivity index (χ1) is 8.70. The molecule has 0 saturated carbocycles. The lowest BCUT2D eigenvalue weighted by Crippen LogP contribution is -2.03. The summed E-state index contributed by atoms with van der Waals surface area (Å²) >= 11 is 0. The summed E-state index contributed by atoms with van der Waals surface area (Å²) in [5.41, 5.74) is 7.74. The molecule has 5 nitrogen and oxygen atoms in total. The summed E-state index contributed by atoms with van der Waals surface area (Å²) < 4.78 is 10.7. The fourth-order valence-corrected chi connectivity index (χ4v) is 1.60. The molecule has 0 spiro atoms. The molecule has 5 heteroatoms. The van der Waals surface area contributed by atoms with Crippen LogP contribution in [0.25, 0.3) is 0 Å². The van der Waals surface area contributed by atoms with Gasteiger partial charge >= 0.3 is 0 Å². The zero-order valence-electron chi connectivity index (χ0n) is 10.6. The van der Waals surface area contributed by atoms with Gasteiger partial charge in [0.2, 0.25) is 11.7 Å². The van der Waals surface area contributed by atoms with Crippen LogP contribution in [-0.4, -0.2) is 16.7 Å². The Kier molecular flexibility index (Phi) is 3.94. The minimum Gasteiger partial charge on any atom is -0.485 e. The van der Waals surface area contributed by atoms with Gasteiger partial charge in [-0.2, -0.15) is 4.98 Å². The third kappa shape index (κ3) is 2.87. The van der Waals surface area contributed by atoms with Gasteiger partial charge in [0.05, 0.1) is 0 Å². The fourth-order valence-electron chi connectivity index (χ4n) is 1.60. The average molecular weight is 247 g/mol. The van der Waals surface area contributed by atoms with Crippen LogP contribution in [0, 0.1) is 13.8 Å². The zero-order valence-corrected chi connectivity index (χ0v) is 10.6. The van der Waals surface area contributed by atoms with Crippen LogP contribution in [0.15, 0.2) is 22.7 Å². The van der Waals surface area contributed by atoms with Gasteiger partial charge in [-0.05, 0) is 31.0 Å². The quantitative estimate of drug-likeness (QED) is 0.871. The SMILES string of the molecule is Cc1cccc(OCc2noc(CCN)n2)c1C. The molecule has 2 N–H and O–H groups in total. The number of aromatic nitrogens is 2. The van der Waals surface area contributed by atoms with Crippen LogP contribution < -0.4 is 10.5 Å². The maximum atomic E-state index is 5.68. The molecule has 0 amide bonds. The topological polar surface area (TPSA) is 74.2 Å². The molecule has 0 radical (unpaired) electrons. The Morgan fingerprint density at radius 1 is 1.33 bits per heavy atom. The van der Waals surface area contributed by atoms with E-state index >= 15 is 0 Å². The smallest absolute Gasteiger partial charge is 0.228 e. The normalized spacial score (nSPS) is 10.6. The van der Waals surface area contributed by atoms with Gasteiger partial charge in [-0.15, -0.1) is 0 Å². The number of benzene rings is 1. The minimum atomic E-state index is 0.304. The first kappa shape index (κ1) is 12.6. The van der Waals surface area contributed by atoms with Gasteiger partial charge in [0.1, 0.15) is 5.75 Å². The summed E-state index contributed by atoms with van der Waals surface area (Å²) in [5.74, 6) is 1.94. The molecule has 0 aliphatic heterocycles. The maximum Gasteiger partial charge on any atom is 0.228 e. The predicted octanol–water partition coefficient (Wildman–Crippen LogP) is 1.77. The summed E-state index contributed by atoms with van der Waals surface area (Å²) in [6, 6.07) is 5.95. The highest BCUT2D eigenvalue weighted by Crippen LogP contribution is 2.21. The van der Waals surface area contributed by atoms with Gasteiger partial charge < -0.3 is 15.0 Å². The molecule has 0 aliphatic carbocycles. The monoisotopic (exact) mass is 247 g/mol. The molecule has 1 aromatic heterocycles. The van der Waals surface area contributed by atoms with Gasteiger partial charge in [0, 0.05) is 13.0 Å². The molecule has 0 aliphatic rings. The van der Waals surface area contributed by atoms with Crippen LogP contribution in [0.1, 0.15) is 22.8 Å². The van der Waals surface area contributed by atoms with E-state index < -0.39 is 0 Å². The van der Waals surface area contributed by atoms with Crippen molar-refractivity contribution >= 4 is 0 Å². The lowest BCUT2D eigenvalue weighted by Gasteiger charge is -2.08. The summed E-state index contributed by atoms with van der Waals surface area (Å²) in [7, 11) is 0. The van der Waals surface area contributed by atoms with Crippen molar-refractivity contribution in [3.05, 3.63) is 41.0 Å². The molecule has 0 unspecified atom stereocenters. The number of hydrogen-bond acceptors (Lipinski definition) is 5.